The molecule has 0 aliphatic rings. The highest BCUT2D eigenvalue weighted by molar-refractivity contribution is 6.01. The molecule has 2 aromatic heterocycles. The lowest BCUT2D eigenvalue weighted by Crippen LogP contribution is -2.27. The van der Waals surface area contributed by atoms with Crippen LogP contribution in [0.5, 0.6) is 0 Å². The minimum absolute atomic E-state index is 0.0871. The number of carbonyl (C=O) groups excluding carboxylic acids is 1. The largest absolute Gasteiger partial charge is 0.313 e. The molecule has 29 heavy (non-hydrogen) atoms. The summed E-state index contributed by atoms with van der Waals surface area (Å²) in [7, 11) is 0. The molecule has 4 aromatic rings. The highest BCUT2D eigenvalue weighted by Crippen LogP contribution is 2.33. The zero-order valence-corrected chi connectivity index (χ0v) is 17.1. The van der Waals surface area contributed by atoms with E-state index in [-0.39, 0.29) is 11.8 Å². The molecular weight excluding hydrogens is 372 g/mol. The minimum Gasteiger partial charge on any atom is -0.313 e. The third kappa shape index (κ3) is 3.12. The van der Waals surface area contributed by atoms with Gasteiger partial charge in [0.1, 0.15) is 0 Å². The van der Waals surface area contributed by atoms with Crippen molar-refractivity contribution >= 4 is 27.7 Å². The number of carbonyl (C=O) groups is 1. The molecule has 0 bridgehead atoms. The Hall–Kier alpha value is -3.02. The minimum atomic E-state index is -0.885. The second-order valence-electron chi connectivity index (χ2n) is 8.74. The molecule has 0 radical (unpaired) electrons. The van der Waals surface area contributed by atoms with Crippen LogP contribution in [-0.4, -0.2) is 20.3 Å². The first-order chi connectivity index (χ1) is 13.6. The van der Waals surface area contributed by atoms with Gasteiger partial charge >= 0.3 is 0 Å². The Kier molecular flexibility index (Phi) is 4.33. The van der Waals surface area contributed by atoms with Crippen LogP contribution in [0.3, 0.4) is 0 Å². The lowest BCUT2D eigenvalue weighted by Gasteiger charge is -2.16. The van der Waals surface area contributed by atoms with Crippen LogP contribution in [0.25, 0.3) is 27.5 Å². The van der Waals surface area contributed by atoms with E-state index in [1.165, 1.54) is 10.7 Å². The molecule has 150 valence electrons. The summed E-state index contributed by atoms with van der Waals surface area (Å²) >= 11 is 0. The van der Waals surface area contributed by atoms with Crippen molar-refractivity contribution in [3.8, 4) is 5.69 Å². The molecule has 0 atom stereocenters. The maximum atomic E-state index is 13.9. The van der Waals surface area contributed by atoms with E-state index in [0.717, 1.165) is 33.6 Å². The maximum Gasteiger partial charge on any atom is 0.252 e. The van der Waals surface area contributed by atoms with Gasteiger partial charge in [0, 0.05) is 33.6 Å². The summed E-state index contributed by atoms with van der Waals surface area (Å²) in [6.07, 6.45) is 1.66. The maximum absolute atomic E-state index is 13.9. The first kappa shape index (κ1) is 19.3. The Morgan fingerprint density at radius 2 is 1.66 bits per heavy atom. The Balaban J connectivity index is 2.00. The molecule has 0 amide bonds. The van der Waals surface area contributed by atoms with Crippen molar-refractivity contribution in [2.75, 3.05) is 0 Å². The van der Waals surface area contributed by atoms with Crippen LogP contribution in [0.15, 0.2) is 42.6 Å². The van der Waals surface area contributed by atoms with Gasteiger partial charge in [0.25, 0.3) is 5.91 Å². The summed E-state index contributed by atoms with van der Waals surface area (Å²) in [5, 5.41) is 6.02. The highest BCUT2D eigenvalue weighted by Gasteiger charge is 2.26. The smallest absolute Gasteiger partial charge is 0.252 e. The topological polar surface area (TPSA) is 39.8 Å². The summed E-state index contributed by atoms with van der Waals surface area (Å²) < 4.78 is 30.8. The molecule has 0 saturated carbocycles. The molecule has 6 heteroatoms. The average molecular weight is 395 g/mol. The lowest BCUT2D eigenvalue weighted by atomic mass is 9.96. The van der Waals surface area contributed by atoms with E-state index in [4.69, 9.17) is 0 Å². The third-order valence-electron chi connectivity index (χ3n) is 5.11. The van der Waals surface area contributed by atoms with Crippen molar-refractivity contribution in [3.05, 3.63) is 59.9 Å². The molecule has 0 aliphatic heterocycles. The van der Waals surface area contributed by atoms with Gasteiger partial charge in [-0.25, -0.2) is 8.78 Å². The summed E-state index contributed by atoms with van der Waals surface area (Å²) in [6, 6.07) is 9.82. The number of nitrogens with zero attached hydrogens (tertiary/aromatic N) is 3. The second-order valence-corrected chi connectivity index (χ2v) is 8.74. The van der Waals surface area contributed by atoms with Gasteiger partial charge in [-0.3, -0.25) is 4.79 Å². The summed E-state index contributed by atoms with van der Waals surface area (Å²) in [6.45, 7) is 9.68. The van der Waals surface area contributed by atoms with Crippen LogP contribution >= 0.6 is 0 Å². The quantitative estimate of drug-likeness (QED) is 0.413. The van der Waals surface area contributed by atoms with E-state index < -0.39 is 17.0 Å². The van der Waals surface area contributed by atoms with Crippen LogP contribution in [0, 0.1) is 17.0 Å². The van der Waals surface area contributed by atoms with Gasteiger partial charge in [-0.05, 0) is 36.2 Å². The number of halogens is 2. The molecule has 0 spiro atoms. The Bertz CT molecular complexity index is 1260. The van der Waals surface area contributed by atoms with Gasteiger partial charge in [0.2, 0.25) is 0 Å². The Morgan fingerprint density at radius 1 is 0.966 bits per heavy atom. The van der Waals surface area contributed by atoms with E-state index in [1.807, 2.05) is 43.5 Å². The highest BCUT2D eigenvalue weighted by atomic mass is 19.2. The summed E-state index contributed by atoms with van der Waals surface area (Å²) in [4.78, 5) is 12.8. The van der Waals surface area contributed by atoms with E-state index in [9.17, 15) is 13.6 Å². The van der Waals surface area contributed by atoms with E-state index in [2.05, 4.69) is 18.9 Å². The molecule has 2 aromatic carbocycles. The fraction of sp³-hybridized carbons (Fsp3) is 0.304. The van der Waals surface area contributed by atoms with Gasteiger partial charge in [0.15, 0.2) is 11.6 Å². The second kappa shape index (κ2) is 6.51. The number of benzene rings is 2. The van der Waals surface area contributed by atoms with Gasteiger partial charge in [-0.1, -0.05) is 34.6 Å². The van der Waals surface area contributed by atoms with Crippen LogP contribution < -0.4 is 0 Å². The molecule has 4 rings (SSSR count). The zero-order chi connectivity index (χ0) is 21.1. The standard InChI is InChI=1S/C23H23F2N3O/c1-13(2)19-8-14-9-21-15(12-26-28(21)22(29)23(3,4)5)10-20(14)27(19)16-6-7-17(24)18(25)11-16/h6-13H,1-5H3. The number of aromatic nitrogens is 3. The SMILES string of the molecule is CC(C)c1cc2cc3c(cnn3C(=O)C(C)(C)C)cc2n1-c1ccc(F)c(F)c1. The van der Waals surface area contributed by atoms with Crippen molar-refractivity contribution in [2.24, 2.45) is 5.41 Å². The van der Waals surface area contributed by atoms with Crippen molar-refractivity contribution in [2.45, 2.75) is 40.5 Å². The number of hydrogen-bond donors (Lipinski definition) is 0. The van der Waals surface area contributed by atoms with Crippen molar-refractivity contribution < 1.29 is 13.6 Å². The van der Waals surface area contributed by atoms with E-state index in [0.29, 0.717) is 5.69 Å². The molecule has 0 fully saturated rings. The van der Waals surface area contributed by atoms with Gasteiger partial charge in [0.05, 0.1) is 17.2 Å². The summed E-state index contributed by atoms with van der Waals surface area (Å²) in [5.41, 5.74) is 2.56. The van der Waals surface area contributed by atoms with Crippen LogP contribution in [0.4, 0.5) is 8.78 Å². The monoisotopic (exact) mass is 395 g/mol. The molecule has 0 N–H and O–H groups in total. The van der Waals surface area contributed by atoms with E-state index in [1.54, 1.807) is 12.3 Å². The van der Waals surface area contributed by atoms with Gasteiger partial charge in [-0.15, -0.1) is 0 Å². The van der Waals surface area contributed by atoms with E-state index >= 15 is 0 Å². The molecule has 4 nitrogen and oxygen atoms in total. The van der Waals surface area contributed by atoms with Crippen LogP contribution in [0.2, 0.25) is 0 Å². The normalized spacial score (nSPS) is 12.4. The average Bonchev–Trinajstić information content (AvgIpc) is 3.21. The molecule has 0 saturated heterocycles. The van der Waals surface area contributed by atoms with Crippen molar-refractivity contribution in [1.29, 1.82) is 0 Å². The third-order valence-corrected chi connectivity index (χ3v) is 5.11. The van der Waals surface area contributed by atoms with Crippen molar-refractivity contribution in [1.82, 2.24) is 14.3 Å². The number of fused-ring (bicyclic) bond motifs is 2. The zero-order valence-electron chi connectivity index (χ0n) is 17.1. The first-order valence-electron chi connectivity index (χ1n) is 9.61. The lowest BCUT2D eigenvalue weighted by molar-refractivity contribution is 0.0755. The van der Waals surface area contributed by atoms with Gasteiger partial charge < -0.3 is 4.57 Å². The fourth-order valence-corrected chi connectivity index (χ4v) is 3.57. The molecular formula is C23H23F2N3O. The first-order valence-corrected chi connectivity index (χ1v) is 9.61. The number of rotatable bonds is 2. The summed E-state index contributed by atoms with van der Waals surface area (Å²) in [5.74, 6) is -1.69. The van der Waals surface area contributed by atoms with Crippen LogP contribution in [-0.2, 0) is 0 Å². The Morgan fingerprint density at radius 3 is 2.28 bits per heavy atom. The Labute approximate surface area is 167 Å². The number of hydrogen-bond acceptors (Lipinski definition) is 2. The van der Waals surface area contributed by atoms with Crippen LogP contribution in [0.1, 0.15) is 51.0 Å². The van der Waals surface area contributed by atoms with Gasteiger partial charge in [-0.2, -0.15) is 9.78 Å². The van der Waals surface area contributed by atoms with Crippen molar-refractivity contribution in [3.63, 3.8) is 0 Å². The predicted molar refractivity (Wildman–Crippen MR) is 111 cm³/mol. The molecule has 0 unspecified atom stereocenters. The predicted octanol–water partition coefficient (Wildman–Crippen LogP) is 6.07. The molecule has 2 heterocycles. The molecule has 0 aliphatic carbocycles. The fourth-order valence-electron chi connectivity index (χ4n) is 3.57.